The van der Waals surface area contributed by atoms with Gasteiger partial charge in [0.25, 0.3) is 11.5 Å². The molecule has 164 valence electrons. The smallest absolute Gasteiger partial charge is 0.268 e. The number of anilines is 1. The Balaban J connectivity index is 1.79. The van der Waals surface area contributed by atoms with Crippen LogP contribution in [0.3, 0.4) is 0 Å². The number of sulfonamides is 1. The number of fused-ring (bicyclic) bond motifs is 1. The number of rotatable bonds is 4. The van der Waals surface area contributed by atoms with E-state index in [-0.39, 0.29) is 21.9 Å². The van der Waals surface area contributed by atoms with Crippen molar-refractivity contribution in [3.05, 3.63) is 87.3 Å². The number of primary sulfonamides is 1. The normalized spacial score (nSPS) is 13.5. The van der Waals surface area contributed by atoms with Crippen molar-refractivity contribution >= 4 is 27.4 Å². The molecule has 1 heterocycles. The predicted octanol–water partition coefficient (Wildman–Crippen LogP) is 2.56. The average Bonchev–Trinajstić information content (AvgIpc) is 2.74. The Hall–Kier alpha value is -3.56. The van der Waals surface area contributed by atoms with Crippen molar-refractivity contribution in [1.82, 2.24) is 4.57 Å². The van der Waals surface area contributed by atoms with Crippen LogP contribution in [0, 0.1) is 6.92 Å². The zero-order valence-electron chi connectivity index (χ0n) is 17.3. The molecule has 1 aliphatic rings. The molecule has 3 N–H and O–H groups in total. The van der Waals surface area contributed by atoms with Crippen molar-refractivity contribution in [2.24, 2.45) is 5.14 Å². The highest BCUT2D eigenvalue weighted by Crippen LogP contribution is 2.24. The lowest BCUT2D eigenvalue weighted by molar-refractivity contribution is 0.0971. The first kappa shape index (κ1) is 21.7. The summed E-state index contributed by atoms with van der Waals surface area (Å²) < 4.78 is 24.3. The van der Waals surface area contributed by atoms with Crippen LogP contribution in [0.1, 0.15) is 44.8 Å². The van der Waals surface area contributed by atoms with Gasteiger partial charge in [0, 0.05) is 29.1 Å². The van der Waals surface area contributed by atoms with Crippen LogP contribution < -0.4 is 16.0 Å². The summed E-state index contributed by atoms with van der Waals surface area (Å²) in [7, 11) is -3.87. The third-order valence-electron chi connectivity index (χ3n) is 5.40. The molecule has 9 heteroatoms. The third-order valence-corrected chi connectivity index (χ3v) is 6.33. The van der Waals surface area contributed by atoms with Crippen LogP contribution >= 0.6 is 0 Å². The summed E-state index contributed by atoms with van der Waals surface area (Å²) in [5, 5.41) is 7.67. The van der Waals surface area contributed by atoms with Gasteiger partial charge in [0.2, 0.25) is 10.0 Å². The number of carbonyl (C=O) groups excluding carboxylic acids is 2. The van der Waals surface area contributed by atoms with Crippen molar-refractivity contribution in [2.75, 3.05) is 5.32 Å². The summed E-state index contributed by atoms with van der Waals surface area (Å²) in [6.45, 7) is 1.93. The van der Waals surface area contributed by atoms with E-state index >= 15 is 0 Å². The largest absolute Gasteiger partial charge is 0.322 e. The van der Waals surface area contributed by atoms with E-state index in [4.69, 9.17) is 5.14 Å². The first-order valence-corrected chi connectivity index (χ1v) is 11.5. The maximum absolute atomic E-state index is 13.3. The number of aromatic nitrogens is 1. The fraction of sp³-hybridized carbons (Fsp3) is 0.174. The van der Waals surface area contributed by atoms with Crippen LogP contribution in [0.15, 0.2) is 64.3 Å². The van der Waals surface area contributed by atoms with E-state index in [9.17, 15) is 22.8 Å². The number of nitrogens with two attached hydrogens (primary N) is 1. The Bertz CT molecular complexity index is 1390. The van der Waals surface area contributed by atoms with Gasteiger partial charge in [-0.05, 0) is 62.2 Å². The van der Waals surface area contributed by atoms with E-state index in [2.05, 4.69) is 5.32 Å². The number of nitrogens with zero attached hydrogens (tertiary/aromatic N) is 1. The minimum Gasteiger partial charge on any atom is -0.322 e. The molecule has 2 aromatic carbocycles. The van der Waals surface area contributed by atoms with E-state index in [1.807, 2.05) is 19.1 Å². The molecular formula is C23H21N3O5S. The second-order valence-electron chi connectivity index (χ2n) is 7.69. The van der Waals surface area contributed by atoms with Gasteiger partial charge in [-0.2, -0.15) is 0 Å². The van der Waals surface area contributed by atoms with Gasteiger partial charge in [0.05, 0.1) is 4.90 Å². The lowest BCUT2D eigenvalue weighted by Crippen LogP contribution is -2.33. The van der Waals surface area contributed by atoms with E-state index in [0.29, 0.717) is 36.2 Å². The van der Waals surface area contributed by atoms with Gasteiger partial charge in [-0.15, -0.1) is 0 Å². The maximum Gasteiger partial charge on any atom is 0.268 e. The molecule has 0 bridgehead atoms. The van der Waals surface area contributed by atoms with Gasteiger partial charge in [0.15, 0.2) is 5.78 Å². The number of ketones is 1. The number of aryl methyl sites for hydroxylation is 1. The highest BCUT2D eigenvalue weighted by Gasteiger charge is 2.26. The zero-order valence-corrected chi connectivity index (χ0v) is 18.1. The molecule has 0 radical (unpaired) electrons. The van der Waals surface area contributed by atoms with Crippen LogP contribution in [0.2, 0.25) is 0 Å². The molecule has 32 heavy (non-hydrogen) atoms. The zero-order chi connectivity index (χ0) is 23.0. The Labute approximate surface area is 184 Å². The fourth-order valence-corrected chi connectivity index (χ4v) is 4.26. The molecular weight excluding hydrogens is 430 g/mol. The van der Waals surface area contributed by atoms with Gasteiger partial charge in [-0.1, -0.05) is 17.7 Å². The van der Waals surface area contributed by atoms with Gasteiger partial charge < -0.3 is 5.32 Å². The van der Waals surface area contributed by atoms with Crippen LogP contribution in [0.5, 0.6) is 0 Å². The lowest BCUT2D eigenvalue weighted by Gasteiger charge is -2.21. The predicted molar refractivity (Wildman–Crippen MR) is 120 cm³/mol. The third kappa shape index (κ3) is 4.12. The topological polar surface area (TPSA) is 128 Å². The molecule has 0 fully saturated rings. The Morgan fingerprint density at radius 1 is 1.00 bits per heavy atom. The molecule has 1 aromatic heterocycles. The Morgan fingerprint density at radius 2 is 1.66 bits per heavy atom. The fourth-order valence-electron chi connectivity index (χ4n) is 3.75. The monoisotopic (exact) mass is 451 g/mol. The lowest BCUT2D eigenvalue weighted by atomic mass is 9.92. The number of amides is 1. The number of benzene rings is 2. The first-order chi connectivity index (χ1) is 15.1. The molecule has 0 unspecified atom stereocenters. The summed E-state index contributed by atoms with van der Waals surface area (Å²) in [4.78, 5) is 38.8. The summed E-state index contributed by atoms with van der Waals surface area (Å²) in [5.74, 6) is -0.806. The SMILES string of the molecule is Cc1ccc(-n2c3c(cc(C(=O)Nc4ccc(S(N)(=O)=O)cc4)c2=O)C(=O)CCC3)cc1. The van der Waals surface area contributed by atoms with Crippen LogP contribution in [0.25, 0.3) is 5.69 Å². The Kier molecular flexibility index (Phi) is 5.53. The van der Waals surface area contributed by atoms with Gasteiger partial charge >= 0.3 is 0 Å². The first-order valence-electron chi connectivity index (χ1n) is 9.98. The summed E-state index contributed by atoms with van der Waals surface area (Å²) in [6.07, 6.45) is 1.55. The number of hydrogen-bond acceptors (Lipinski definition) is 5. The van der Waals surface area contributed by atoms with Gasteiger partial charge in [0.1, 0.15) is 5.56 Å². The van der Waals surface area contributed by atoms with Crippen LogP contribution in [0.4, 0.5) is 5.69 Å². The average molecular weight is 452 g/mol. The standard InChI is InChI=1S/C23H21N3O5S/c1-14-5-9-16(10-6-14)26-20-3-2-4-21(27)18(20)13-19(23(26)29)22(28)25-15-7-11-17(12-8-15)32(24,30)31/h5-13H,2-4H2,1H3,(H,25,28)(H2,24,30,31). The molecule has 0 saturated heterocycles. The van der Waals surface area contributed by atoms with Crippen molar-refractivity contribution in [3.63, 3.8) is 0 Å². The molecule has 8 nitrogen and oxygen atoms in total. The number of hydrogen-bond donors (Lipinski definition) is 2. The van der Waals surface area contributed by atoms with Gasteiger partial charge in [-0.3, -0.25) is 19.0 Å². The highest BCUT2D eigenvalue weighted by molar-refractivity contribution is 7.89. The van der Waals surface area contributed by atoms with E-state index in [0.717, 1.165) is 5.56 Å². The minimum atomic E-state index is -3.87. The van der Waals surface area contributed by atoms with Crippen molar-refractivity contribution in [3.8, 4) is 5.69 Å². The number of nitrogens with one attached hydrogen (secondary N) is 1. The van der Waals surface area contributed by atoms with Crippen LogP contribution in [-0.4, -0.2) is 24.7 Å². The van der Waals surface area contributed by atoms with E-state index in [1.165, 1.54) is 34.9 Å². The van der Waals surface area contributed by atoms with Crippen molar-refractivity contribution in [2.45, 2.75) is 31.1 Å². The molecule has 0 atom stereocenters. The highest BCUT2D eigenvalue weighted by atomic mass is 32.2. The molecule has 0 aliphatic heterocycles. The Morgan fingerprint density at radius 3 is 2.28 bits per heavy atom. The maximum atomic E-state index is 13.3. The van der Waals surface area contributed by atoms with Crippen LogP contribution in [-0.2, 0) is 16.4 Å². The van der Waals surface area contributed by atoms with Crippen molar-refractivity contribution in [1.29, 1.82) is 0 Å². The van der Waals surface area contributed by atoms with E-state index < -0.39 is 21.5 Å². The second kappa shape index (κ2) is 8.18. The molecule has 3 aromatic rings. The quantitative estimate of drug-likeness (QED) is 0.630. The molecule has 1 aliphatic carbocycles. The minimum absolute atomic E-state index is 0.100. The molecule has 0 spiro atoms. The van der Waals surface area contributed by atoms with Gasteiger partial charge in [-0.25, -0.2) is 13.6 Å². The summed E-state index contributed by atoms with van der Waals surface area (Å²) >= 11 is 0. The molecule has 0 saturated carbocycles. The number of Topliss-reactive ketones (excluding diaryl/α,β-unsaturated/α-hetero) is 1. The number of pyridine rings is 1. The summed E-state index contributed by atoms with van der Waals surface area (Å²) in [6, 6.07) is 13.9. The second-order valence-corrected chi connectivity index (χ2v) is 9.26. The van der Waals surface area contributed by atoms with E-state index in [1.54, 1.807) is 12.1 Å². The molecule has 1 amide bonds. The molecule has 4 rings (SSSR count). The summed E-state index contributed by atoms with van der Waals surface area (Å²) in [5.41, 5.74) is 2.15. The number of carbonyl (C=O) groups is 2. The van der Waals surface area contributed by atoms with Crippen molar-refractivity contribution < 1.29 is 18.0 Å².